The van der Waals surface area contributed by atoms with Crippen molar-refractivity contribution >= 4 is 40.8 Å². The number of rotatable bonds is 4. The van der Waals surface area contributed by atoms with Crippen LogP contribution < -0.4 is 5.32 Å². The van der Waals surface area contributed by atoms with Gasteiger partial charge in [0.2, 0.25) is 0 Å². The molecule has 0 radical (unpaired) electrons. The van der Waals surface area contributed by atoms with Crippen LogP contribution in [0, 0.1) is 20.2 Å². The molecule has 0 bridgehead atoms. The first kappa shape index (κ1) is 17.5. The first-order chi connectivity index (χ1) is 10.7. The van der Waals surface area contributed by atoms with Gasteiger partial charge in [-0.25, -0.2) is 0 Å². The van der Waals surface area contributed by atoms with Crippen molar-refractivity contribution < 1.29 is 14.6 Å². The van der Waals surface area contributed by atoms with Crippen LogP contribution >= 0.6 is 23.5 Å². The molecule has 10 heteroatoms. The molecule has 0 unspecified atom stereocenters. The molecular weight excluding hydrogens is 342 g/mol. The van der Waals surface area contributed by atoms with Crippen LogP contribution in [0.15, 0.2) is 18.2 Å². The average molecular weight is 357 g/mol. The summed E-state index contributed by atoms with van der Waals surface area (Å²) in [6, 6.07) is 2.94. The standard InChI is InChI=1S/C13H15N3O5S2/c1-8-13(2,23-4-3-22-8)14-12(17)9-5-10(15(18)19)7-11(6-9)16(20)21/h5-8H,3-4H2,1-2H3,(H,14,17)/t8-,13+/m1/s1. The Hall–Kier alpha value is -1.81. The SMILES string of the molecule is C[C@H]1SCCS[C@]1(C)NC(=O)c1cc([N+](=O)[O-])cc([N+](=O)[O-])c1. The number of benzene rings is 1. The summed E-state index contributed by atoms with van der Waals surface area (Å²) in [6.45, 7) is 3.88. The first-order valence-corrected chi connectivity index (χ1v) is 8.78. The normalized spacial score (nSPS) is 24.0. The van der Waals surface area contributed by atoms with Crippen LogP contribution in [0.5, 0.6) is 0 Å². The number of nitrogens with one attached hydrogen (secondary N) is 1. The fourth-order valence-corrected chi connectivity index (χ4v) is 4.81. The number of amides is 1. The Labute approximate surface area is 140 Å². The van der Waals surface area contributed by atoms with Crippen LogP contribution in [0.2, 0.25) is 0 Å². The molecular formula is C13H15N3O5S2. The Morgan fingerprint density at radius 2 is 1.78 bits per heavy atom. The molecule has 0 saturated carbocycles. The Balaban J connectivity index is 2.31. The topological polar surface area (TPSA) is 115 Å². The van der Waals surface area contributed by atoms with Crippen LogP contribution in [0.4, 0.5) is 11.4 Å². The third kappa shape index (κ3) is 3.94. The van der Waals surface area contributed by atoms with Crippen molar-refractivity contribution in [3.05, 3.63) is 44.0 Å². The van der Waals surface area contributed by atoms with E-state index in [1.54, 1.807) is 23.5 Å². The van der Waals surface area contributed by atoms with Crippen LogP contribution in [0.3, 0.4) is 0 Å². The summed E-state index contributed by atoms with van der Waals surface area (Å²) < 4.78 is 0. The molecule has 1 aliphatic rings. The number of carbonyl (C=O) groups is 1. The molecule has 0 aliphatic carbocycles. The minimum Gasteiger partial charge on any atom is -0.337 e. The molecule has 1 N–H and O–H groups in total. The lowest BCUT2D eigenvalue weighted by molar-refractivity contribution is -0.394. The van der Waals surface area contributed by atoms with E-state index in [4.69, 9.17) is 0 Å². The van der Waals surface area contributed by atoms with Gasteiger partial charge in [0.15, 0.2) is 0 Å². The molecule has 2 atom stereocenters. The van der Waals surface area contributed by atoms with Gasteiger partial charge in [-0.15, -0.1) is 11.8 Å². The summed E-state index contributed by atoms with van der Waals surface area (Å²) in [5.41, 5.74) is -1.04. The van der Waals surface area contributed by atoms with Crippen LogP contribution in [-0.4, -0.2) is 37.4 Å². The van der Waals surface area contributed by atoms with Gasteiger partial charge < -0.3 is 5.32 Å². The lowest BCUT2D eigenvalue weighted by Crippen LogP contribution is -2.51. The maximum absolute atomic E-state index is 12.4. The number of thioether (sulfide) groups is 2. The molecule has 0 aromatic heterocycles. The first-order valence-electron chi connectivity index (χ1n) is 6.75. The van der Waals surface area contributed by atoms with Gasteiger partial charge in [0.05, 0.1) is 26.3 Å². The lowest BCUT2D eigenvalue weighted by atomic mass is 10.1. The number of nitro benzene ring substituents is 2. The predicted molar refractivity (Wildman–Crippen MR) is 90.0 cm³/mol. The highest BCUT2D eigenvalue weighted by Crippen LogP contribution is 2.38. The van der Waals surface area contributed by atoms with Gasteiger partial charge in [0.25, 0.3) is 17.3 Å². The number of non-ortho nitro benzene ring substituents is 2. The smallest absolute Gasteiger partial charge is 0.277 e. The van der Waals surface area contributed by atoms with Crippen molar-refractivity contribution in [2.75, 3.05) is 11.5 Å². The third-order valence-electron chi connectivity index (χ3n) is 3.58. The number of carbonyl (C=O) groups excluding carboxylic acids is 1. The zero-order valence-corrected chi connectivity index (χ0v) is 14.1. The van der Waals surface area contributed by atoms with Gasteiger partial charge >= 0.3 is 0 Å². The van der Waals surface area contributed by atoms with Crippen molar-refractivity contribution in [1.82, 2.24) is 5.32 Å². The van der Waals surface area contributed by atoms with E-state index in [0.29, 0.717) is 0 Å². The molecule has 1 aromatic carbocycles. The van der Waals surface area contributed by atoms with Crippen LogP contribution in [0.25, 0.3) is 0 Å². The molecule has 1 amide bonds. The molecule has 23 heavy (non-hydrogen) atoms. The van der Waals surface area contributed by atoms with E-state index in [0.717, 1.165) is 29.7 Å². The van der Waals surface area contributed by atoms with Crippen LogP contribution in [0.1, 0.15) is 24.2 Å². The summed E-state index contributed by atoms with van der Waals surface area (Å²) >= 11 is 3.32. The molecule has 1 aliphatic heterocycles. The minimum absolute atomic E-state index is 0.0875. The highest BCUT2D eigenvalue weighted by Gasteiger charge is 2.37. The van der Waals surface area contributed by atoms with E-state index in [2.05, 4.69) is 5.32 Å². The van der Waals surface area contributed by atoms with Crippen molar-refractivity contribution in [2.45, 2.75) is 24.0 Å². The third-order valence-corrected chi connectivity index (χ3v) is 6.86. The number of nitrogens with zero attached hydrogens (tertiary/aromatic N) is 2. The zero-order chi connectivity index (χ0) is 17.2. The highest BCUT2D eigenvalue weighted by molar-refractivity contribution is 8.07. The second-order valence-corrected chi connectivity index (χ2v) is 8.17. The second-order valence-electron chi connectivity index (χ2n) is 5.17. The Morgan fingerprint density at radius 1 is 1.22 bits per heavy atom. The summed E-state index contributed by atoms with van der Waals surface area (Å²) in [4.78, 5) is 32.2. The number of nitro groups is 2. The van der Waals surface area contributed by atoms with E-state index in [1.165, 1.54) is 0 Å². The summed E-state index contributed by atoms with van der Waals surface area (Å²) in [5, 5.41) is 24.8. The van der Waals surface area contributed by atoms with Gasteiger partial charge in [0, 0.05) is 28.9 Å². The molecule has 2 rings (SSSR count). The van der Waals surface area contributed by atoms with Crippen LogP contribution in [-0.2, 0) is 0 Å². The summed E-state index contributed by atoms with van der Waals surface area (Å²) in [5.74, 6) is 1.31. The number of hydrogen-bond donors (Lipinski definition) is 1. The van der Waals surface area contributed by atoms with E-state index in [1.807, 2.05) is 13.8 Å². The molecule has 0 spiro atoms. The summed E-state index contributed by atoms with van der Waals surface area (Å²) in [6.07, 6.45) is 0. The summed E-state index contributed by atoms with van der Waals surface area (Å²) in [7, 11) is 0. The molecule has 1 fully saturated rings. The molecule has 1 heterocycles. The quantitative estimate of drug-likeness (QED) is 0.650. The lowest BCUT2D eigenvalue weighted by Gasteiger charge is -2.39. The largest absolute Gasteiger partial charge is 0.337 e. The Kier molecular flexibility index (Phi) is 5.15. The maximum Gasteiger partial charge on any atom is 0.277 e. The Bertz CT molecular complexity index is 637. The van der Waals surface area contributed by atoms with E-state index >= 15 is 0 Å². The maximum atomic E-state index is 12.4. The van der Waals surface area contributed by atoms with Gasteiger partial charge in [-0.05, 0) is 6.92 Å². The van der Waals surface area contributed by atoms with Gasteiger partial charge in [-0.1, -0.05) is 6.92 Å². The van der Waals surface area contributed by atoms with Crippen molar-refractivity contribution in [2.24, 2.45) is 0 Å². The van der Waals surface area contributed by atoms with Crippen molar-refractivity contribution in [3.63, 3.8) is 0 Å². The molecule has 1 saturated heterocycles. The fourth-order valence-electron chi connectivity index (χ4n) is 2.13. The fraction of sp³-hybridized carbons (Fsp3) is 0.462. The molecule has 1 aromatic rings. The monoisotopic (exact) mass is 357 g/mol. The predicted octanol–water partition coefficient (Wildman–Crippen LogP) is 2.82. The second kappa shape index (κ2) is 6.75. The average Bonchev–Trinajstić information content (AvgIpc) is 2.49. The minimum atomic E-state index is -0.751. The van der Waals surface area contributed by atoms with E-state index < -0.39 is 32.0 Å². The van der Waals surface area contributed by atoms with E-state index in [-0.39, 0.29) is 10.8 Å². The number of hydrogen-bond acceptors (Lipinski definition) is 7. The molecule has 8 nitrogen and oxygen atoms in total. The highest BCUT2D eigenvalue weighted by atomic mass is 32.2. The van der Waals surface area contributed by atoms with Gasteiger partial charge in [-0.2, -0.15) is 11.8 Å². The van der Waals surface area contributed by atoms with Gasteiger partial charge in [-0.3, -0.25) is 25.0 Å². The van der Waals surface area contributed by atoms with Crippen molar-refractivity contribution in [3.8, 4) is 0 Å². The molecule has 124 valence electrons. The Morgan fingerprint density at radius 3 is 2.26 bits per heavy atom. The van der Waals surface area contributed by atoms with Gasteiger partial charge in [0.1, 0.15) is 0 Å². The zero-order valence-electron chi connectivity index (χ0n) is 12.5. The van der Waals surface area contributed by atoms with E-state index in [9.17, 15) is 25.0 Å². The van der Waals surface area contributed by atoms with Crippen molar-refractivity contribution in [1.29, 1.82) is 0 Å².